The number of carbonyl (C=O) groups excluding carboxylic acids is 2. The van der Waals surface area contributed by atoms with Gasteiger partial charge in [-0.15, -0.1) is 0 Å². The van der Waals surface area contributed by atoms with Gasteiger partial charge in [0.2, 0.25) is 0 Å². The van der Waals surface area contributed by atoms with Crippen LogP contribution in [0.15, 0.2) is 53.7 Å². The fourth-order valence-electron chi connectivity index (χ4n) is 2.75. The second kappa shape index (κ2) is 6.93. The lowest BCUT2D eigenvalue weighted by Gasteiger charge is -2.32. The van der Waals surface area contributed by atoms with Crippen molar-refractivity contribution in [1.29, 1.82) is 0 Å². The molecule has 1 aliphatic rings. The molecule has 0 aliphatic carbocycles. The van der Waals surface area contributed by atoms with Gasteiger partial charge in [-0.05, 0) is 45.0 Å². The molecule has 2 aromatic rings. The summed E-state index contributed by atoms with van der Waals surface area (Å²) in [7, 11) is 0. The fraction of sp³-hybridized carbons (Fsp3) is 0.316. The maximum atomic E-state index is 12.8. The molecule has 1 aromatic heterocycles. The minimum Gasteiger partial charge on any atom is -0.479 e. The van der Waals surface area contributed by atoms with Crippen LogP contribution in [0.1, 0.15) is 25.6 Å². The molecule has 25 heavy (non-hydrogen) atoms. The van der Waals surface area contributed by atoms with Crippen molar-refractivity contribution in [1.82, 2.24) is 4.57 Å². The number of hydrogen-bond acceptors (Lipinski definition) is 4. The summed E-state index contributed by atoms with van der Waals surface area (Å²) in [6.45, 7) is 5.51. The number of hydrogen-bond donors (Lipinski definition) is 0. The highest BCUT2D eigenvalue weighted by molar-refractivity contribution is 6.03. The Hall–Kier alpha value is -2.89. The number of fused-ring (bicyclic) bond motifs is 1. The number of rotatable bonds is 3. The molecule has 1 aliphatic heterocycles. The molecule has 0 N–H and O–H groups in total. The molecule has 1 atom stereocenters. The van der Waals surface area contributed by atoms with Gasteiger partial charge in [-0.1, -0.05) is 18.2 Å². The molecule has 130 valence electrons. The molecule has 0 saturated carbocycles. The summed E-state index contributed by atoms with van der Waals surface area (Å²) in [5.41, 5.74) is 1.18. The van der Waals surface area contributed by atoms with E-state index in [1.165, 1.54) is 9.47 Å². The topological polar surface area (TPSA) is 63.9 Å². The van der Waals surface area contributed by atoms with Crippen LogP contribution < -0.4 is 15.1 Å². The fourth-order valence-corrected chi connectivity index (χ4v) is 2.75. The highest BCUT2D eigenvalue weighted by atomic mass is 16.5. The van der Waals surface area contributed by atoms with Crippen LogP contribution in [0.3, 0.4) is 0 Å². The maximum Gasteiger partial charge on any atom is 0.268 e. The van der Waals surface area contributed by atoms with Crippen LogP contribution in [0.5, 0.6) is 5.75 Å². The second-order valence-electron chi connectivity index (χ2n) is 6.20. The summed E-state index contributed by atoms with van der Waals surface area (Å²) < 4.78 is 7.09. The number of aromatic nitrogens is 1. The summed E-state index contributed by atoms with van der Waals surface area (Å²) in [5.74, 6) is 0.149. The molecule has 1 unspecified atom stereocenters. The van der Waals surface area contributed by atoms with Gasteiger partial charge in [-0.25, -0.2) is 0 Å². The number of benzene rings is 1. The first kappa shape index (κ1) is 17.0. The van der Waals surface area contributed by atoms with E-state index in [-0.39, 0.29) is 24.4 Å². The number of amides is 1. The third-order valence-corrected chi connectivity index (χ3v) is 3.86. The Morgan fingerprint density at radius 3 is 2.68 bits per heavy atom. The lowest BCUT2D eigenvalue weighted by Crippen LogP contribution is -2.48. The molecular weight excluding hydrogens is 318 g/mol. The normalized spacial score (nSPS) is 17.4. The minimum atomic E-state index is -0.622. The van der Waals surface area contributed by atoms with Crippen LogP contribution in [-0.2, 0) is 4.79 Å². The Labute approximate surface area is 146 Å². The first-order chi connectivity index (χ1) is 12.0. The Morgan fingerprint density at radius 2 is 1.92 bits per heavy atom. The van der Waals surface area contributed by atoms with Crippen LogP contribution >= 0.6 is 0 Å². The third-order valence-electron chi connectivity index (χ3n) is 3.86. The molecule has 0 bridgehead atoms. The van der Waals surface area contributed by atoms with Crippen molar-refractivity contribution in [2.75, 3.05) is 11.4 Å². The van der Waals surface area contributed by atoms with Gasteiger partial charge in [0.1, 0.15) is 17.8 Å². The highest BCUT2D eigenvalue weighted by Crippen LogP contribution is 2.33. The van der Waals surface area contributed by atoms with E-state index in [1.54, 1.807) is 37.4 Å². The van der Waals surface area contributed by atoms with Crippen molar-refractivity contribution in [2.24, 2.45) is 4.99 Å². The van der Waals surface area contributed by atoms with Crippen LogP contribution in [0.25, 0.3) is 0 Å². The lowest BCUT2D eigenvalue weighted by atomic mass is 10.2. The molecule has 1 amide bonds. The van der Waals surface area contributed by atoms with E-state index in [0.717, 1.165) is 0 Å². The van der Waals surface area contributed by atoms with Gasteiger partial charge in [0.05, 0.1) is 5.69 Å². The minimum absolute atomic E-state index is 0.0622. The second-order valence-corrected chi connectivity index (χ2v) is 6.20. The summed E-state index contributed by atoms with van der Waals surface area (Å²) in [6, 6.07) is 12.7. The lowest BCUT2D eigenvalue weighted by molar-refractivity contribution is -0.125. The van der Waals surface area contributed by atoms with Crippen LogP contribution in [0, 0.1) is 0 Å². The molecule has 6 heteroatoms. The standard InChI is InChI=1S/C19H21N3O3/c1-13(2)20-17-10-6-7-11-21(17)18(23)12-22-15-8-4-5-9-16(15)25-14(3)19(22)24/h4-11,13-14H,12H2,1-3H3. The predicted molar refractivity (Wildman–Crippen MR) is 94.6 cm³/mol. The zero-order valence-corrected chi connectivity index (χ0v) is 14.5. The van der Waals surface area contributed by atoms with E-state index in [0.29, 0.717) is 16.9 Å². The number of para-hydroxylation sites is 2. The third kappa shape index (κ3) is 3.47. The summed E-state index contributed by atoms with van der Waals surface area (Å²) in [4.78, 5) is 31.3. The highest BCUT2D eigenvalue weighted by Gasteiger charge is 2.32. The first-order valence-corrected chi connectivity index (χ1v) is 8.29. The van der Waals surface area contributed by atoms with Gasteiger partial charge in [-0.3, -0.25) is 24.0 Å². The largest absolute Gasteiger partial charge is 0.479 e. The molecule has 0 fully saturated rings. The Kier molecular flexibility index (Phi) is 4.70. The number of pyridine rings is 1. The van der Waals surface area contributed by atoms with Crippen LogP contribution in [0.2, 0.25) is 0 Å². The van der Waals surface area contributed by atoms with Crippen molar-refractivity contribution in [2.45, 2.75) is 32.9 Å². The summed E-state index contributed by atoms with van der Waals surface area (Å²) >= 11 is 0. The quantitative estimate of drug-likeness (QED) is 0.861. The predicted octanol–water partition coefficient (Wildman–Crippen LogP) is 2.25. The SMILES string of the molecule is CC(C)N=c1ccccn1C(=O)CN1C(=O)C(C)Oc2ccccc21. The van der Waals surface area contributed by atoms with Crippen LogP contribution in [0.4, 0.5) is 5.69 Å². The van der Waals surface area contributed by atoms with Crippen molar-refractivity contribution in [3.8, 4) is 5.75 Å². The van der Waals surface area contributed by atoms with Crippen LogP contribution in [-0.4, -0.2) is 35.1 Å². The Morgan fingerprint density at radius 1 is 1.20 bits per heavy atom. The van der Waals surface area contributed by atoms with Gasteiger partial charge in [0, 0.05) is 12.2 Å². The summed E-state index contributed by atoms with van der Waals surface area (Å²) in [5, 5.41) is 0. The zero-order valence-electron chi connectivity index (χ0n) is 14.5. The molecule has 0 spiro atoms. The van der Waals surface area contributed by atoms with E-state index in [1.807, 2.05) is 32.0 Å². The average Bonchev–Trinajstić information content (AvgIpc) is 2.58. The van der Waals surface area contributed by atoms with Gasteiger partial charge in [0.15, 0.2) is 6.10 Å². The molecule has 0 radical (unpaired) electrons. The molecular formula is C19H21N3O3. The number of carbonyl (C=O) groups is 2. The van der Waals surface area contributed by atoms with E-state index in [2.05, 4.69) is 4.99 Å². The molecule has 0 saturated heterocycles. The van der Waals surface area contributed by atoms with Gasteiger partial charge >= 0.3 is 0 Å². The van der Waals surface area contributed by atoms with E-state index in [4.69, 9.17) is 4.74 Å². The van der Waals surface area contributed by atoms with Crippen molar-refractivity contribution >= 4 is 17.5 Å². The number of ether oxygens (including phenoxy) is 1. The Bertz CT molecular complexity index is 870. The van der Waals surface area contributed by atoms with E-state index < -0.39 is 6.10 Å². The van der Waals surface area contributed by atoms with Crippen molar-refractivity contribution in [3.05, 3.63) is 54.1 Å². The van der Waals surface area contributed by atoms with Gasteiger partial charge < -0.3 is 4.74 Å². The molecule has 2 heterocycles. The van der Waals surface area contributed by atoms with Gasteiger partial charge in [-0.2, -0.15) is 0 Å². The monoisotopic (exact) mass is 339 g/mol. The smallest absolute Gasteiger partial charge is 0.268 e. The van der Waals surface area contributed by atoms with E-state index in [9.17, 15) is 9.59 Å². The van der Waals surface area contributed by atoms with E-state index >= 15 is 0 Å². The summed E-state index contributed by atoms with van der Waals surface area (Å²) in [6.07, 6.45) is 1.05. The van der Waals surface area contributed by atoms with Gasteiger partial charge in [0.25, 0.3) is 11.8 Å². The molecule has 6 nitrogen and oxygen atoms in total. The zero-order chi connectivity index (χ0) is 18.0. The Balaban J connectivity index is 1.95. The maximum absolute atomic E-state index is 12.8. The molecule has 3 rings (SSSR count). The average molecular weight is 339 g/mol. The van der Waals surface area contributed by atoms with Crippen molar-refractivity contribution in [3.63, 3.8) is 0 Å². The first-order valence-electron chi connectivity index (χ1n) is 8.29. The number of nitrogens with zero attached hydrogens (tertiary/aromatic N) is 3. The number of anilines is 1. The molecule has 1 aromatic carbocycles. The van der Waals surface area contributed by atoms with Crippen molar-refractivity contribution < 1.29 is 14.3 Å².